The Bertz CT molecular complexity index is 263. The molecule has 78 valence electrons. The zero-order valence-corrected chi connectivity index (χ0v) is 9.67. The van der Waals surface area contributed by atoms with Crippen LogP contribution >= 0.6 is 0 Å². The summed E-state index contributed by atoms with van der Waals surface area (Å²) < 4.78 is 0. The van der Waals surface area contributed by atoms with Gasteiger partial charge in [0.1, 0.15) is 0 Å². The van der Waals surface area contributed by atoms with Crippen LogP contribution in [0.2, 0.25) is 0 Å². The lowest BCUT2D eigenvalue weighted by atomic mass is 10.1. The molecule has 1 unspecified atom stereocenters. The van der Waals surface area contributed by atoms with Crippen LogP contribution in [0.5, 0.6) is 0 Å². The van der Waals surface area contributed by atoms with Gasteiger partial charge in [-0.15, -0.1) is 0 Å². The van der Waals surface area contributed by atoms with Crippen molar-refractivity contribution in [3.63, 3.8) is 0 Å². The Morgan fingerprint density at radius 1 is 1.14 bits per heavy atom. The standard InChI is InChI=1S/C13H21N/c1-5-11(3)14-12(4)13-8-6-10(2)7-9-13/h6-9,11-12,14H,5H2,1-4H3/t11?,12-/m0/s1. The Morgan fingerprint density at radius 3 is 2.21 bits per heavy atom. The lowest BCUT2D eigenvalue weighted by Crippen LogP contribution is -2.28. The molecular weight excluding hydrogens is 170 g/mol. The van der Waals surface area contributed by atoms with Crippen molar-refractivity contribution >= 4 is 0 Å². The van der Waals surface area contributed by atoms with Gasteiger partial charge in [-0.2, -0.15) is 0 Å². The molecule has 0 saturated carbocycles. The molecule has 1 heteroatoms. The van der Waals surface area contributed by atoms with E-state index in [1.54, 1.807) is 0 Å². The molecule has 0 amide bonds. The van der Waals surface area contributed by atoms with E-state index in [-0.39, 0.29) is 0 Å². The molecule has 14 heavy (non-hydrogen) atoms. The molecule has 0 bridgehead atoms. The largest absolute Gasteiger partial charge is 0.308 e. The first kappa shape index (κ1) is 11.3. The van der Waals surface area contributed by atoms with Crippen LogP contribution in [0.3, 0.4) is 0 Å². The molecule has 0 heterocycles. The average Bonchev–Trinajstić information content (AvgIpc) is 2.18. The van der Waals surface area contributed by atoms with E-state index in [0.717, 1.165) is 0 Å². The van der Waals surface area contributed by atoms with E-state index in [1.807, 2.05) is 0 Å². The normalized spacial score (nSPS) is 15.1. The van der Waals surface area contributed by atoms with Crippen molar-refractivity contribution in [3.05, 3.63) is 35.4 Å². The number of benzene rings is 1. The molecule has 1 aromatic rings. The molecule has 0 saturated heterocycles. The van der Waals surface area contributed by atoms with Gasteiger partial charge < -0.3 is 5.32 Å². The van der Waals surface area contributed by atoms with Gasteiger partial charge in [0, 0.05) is 12.1 Å². The van der Waals surface area contributed by atoms with Gasteiger partial charge in [0.2, 0.25) is 0 Å². The lowest BCUT2D eigenvalue weighted by Gasteiger charge is -2.19. The average molecular weight is 191 g/mol. The van der Waals surface area contributed by atoms with Gasteiger partial charge in [-0.25, -0.2) is 0 Å². The summed E-state index contributed by atoms with van der Waals surface area (Å²) in [6.45, 7) is 8.78. The van der Waals surface area contributed by atoms with Gasteiger partial charge in [0.05, 0.1) is 0 Å². The minimum Gasteiger partial charge on any atom is -0.308 e. The second kappa shape index (κ2) is 5.16. The molecule has 1 N–H and O–H groups in total. The highest BCUT2D eigenvalue weighted by Gasteiger charge is 2.06. The van der Waals surface area contributed by atoms with E-state index in [1.165, 1.54) is 17.5 Å². The van der Waals surface area contributed by atoms with Crippen molar-refractivity contribution in [3.8, 4) is 0 Å². The van der Waals surface area contributed by atoms with Crippen LogP contribution in [0.4, 0.5) is 0 Å². The first-order chi connectivity index (χ1) is 6.63. The van der Waals surface area contributed by atoms with E-state index in [4.69, 9.17) is 0 Å². The Balaban J connectivity index is 2.60. The van der Waals surface area contributed by atoms with Crippen molar-refractivity contribution < 1.29 is 0 Å². The van der Waals surface area contributed by atoms with Crippen molar-refractivity contribution in [2.45, 2.75) is 46.2 Å². The summed E-state index contributed by atoms with van der Waals surface area (Å²) >= 11 is 0. The molecule has 0 aliphatic rings. The van der Waals surface area contributed by atoms with Crippen LogP contribution in [0, 0.1) is 6.92 Å². The number of hydrogen-bond donors (Lipinski definition) is 1. The molecule has 0 aliphatic heterocycles. The summed E-state index contributed by atoms with van der Waals surface area (Å²) in [5, 5.41) is 3.57. The van der Waals surface area contributed by atoms with Crippen molar-refractivity contribution in [1.29, 1.82) is 0 Å². The van der Waals surface area contributed by atoms with E-state index >= 15 is 0 Å². The van der Waals surface area contributed by atoms with Gasteiger partial charge in [-0.3, -0.25) is 0 Å². The van der Waals surface area contributed by atoms with Gasteiger partial charge in [-0.1, -0.05) is 36.8 Å². The third-order valence-electron chi connectivity index (χ3n) is 2.72. The molecular formula is C13H21N. The number of aryl methyl sites for hydroxylation is 1. The lowest BCUT2D eigenvalue weighted by molar-refractivity contribution is 0.469. The monoisotopic (exact) mass is 191 g/mol. The molecule has 0 aromatic heterocycles. The van der Waals surface area contributed by atoms with Crippen LogP contribution in [-0.2, 0) is 0 Å². The second-order valence-corrected chi connectivity index (χ2v) is 4.11. The minimum absolute atomic E-state index is 0.450. The third-order valence-corrected chi connectivity index (χ3v) is 2.72. The molecule has 1 aromatic carbocycles. The van der Waals surface area contributed by atoms with E-state index < -0.39 is 0 Å². The van der Waals surface area contributed by atoms with Crippen LogP contribution in [0.15, 0.2) is 24.3 Å². The Kier molecular flexibility index (Phi) is 4.15. The molecule has 0 radical (unpaired) electrons. The van der Waals surface area contributed by atoms with Crippen LogP contribution < -0.4 is 5.32 Å². The predicted molar refractivity (Wildman–Crippen MR) is 62.5 cm³/mol. The number of nitrogens with one attached hydrogen (secondary N) is 1. The predicted octanol–water partition coefficient (Wildman–Crippen LogP) is 3.44. The maximum absolute atomic E-state index is 3.57. The number of hydrogen-bond acceptors (Lipinski definition) is 1. The molecule has 1 rings (SSSR count). The van der Waals surface area contributed by atoms with Gasteiger partial charge in [-0.05, 0) is 32.8 Å². The molecule has 1 nitrogen and oxygen atoms in total. The number of rotatable bonds is 4. The van der Waals surface area contributed by atoms with Crippen molar-refractivity contribution in [1.82, 2.24) is 5.32 Å². The van der Waals surface area contributed by atoms with Gasteiger partial charge in [0.15, 0.2) is 0 Å². The zero-order chi connectivity index (χ0) is 10.6. The highest BCUT2D eigenvalue weighted by atomic mass is 14.9. The highest BCUT2D eigenvalue weighted by molar-refractivity contribution is 5.23. The Morgan fingerprint density at radius 2 is 1.71 bits per heavy atom. The summed E-state index contributed by atoms with van der Waals surface area (Å²) in [5.41, 5.74) is 2.69. The molecule has 0 aliphatic carbocycles. The van der Waals surface area contributed by atoms with Crippen LogP contribution in [0.1, 0.15) is 44.4 Å². The Hall–Kier alpha value is -0.820. The molecule has 0 fully saturated rings. The fourth-order valence-corrected chi connectivity index (χ4v) is 1.50. The second-order valence-electron chi connectivity index (χ2n) is 4.11. The molecule has 0 spiro atoms. The maximum Gasteiger partial charge on any atom is 0.0294 e. The van der Waals surface area contributed by atoms with E-state index in [9.17, 15) is 0 Å². The maximum atomic E-state index is 3.57. The zero-order valence-electron chi connectivity index (χ0n) is 9.67. The van der Waals surface area contributed by atoms with Crippen molar-refractivity contribution in [2.24, 2.45) is 0 Å². The summed E-state index contributed by atoms with van der Waals surface area (Å²) in [7, 11) is 0. The minimum atomic E-state index is 0.450. The van der Waals surface area contributed by atoms with Crippen LogP contribution in [-0.4, -0.2) is 6.04 Å². The van der Waals surface area contributed by atoms with E-state index in [0.29, 0.717) is 12.1 Å². The van der Waals surface area contributed by atoms with Gasteiger partial charge in [0.25, 0.3) is 0 Å². The third kappa shape index (κ3) is 3.15. The summed E-state index contributed by atoms with van der Waals surface area (Å²) in [6, 6.07) is 9.79. The Labute approximate surface area is 87.5 Å². The summed E-state index contributed by atoms with van der Waals surface area (Å²) in [6.07, 6.45) is 1.18. The SMILES string of the molecule is CCC(C)N[C@@H](C)c1ccc(C)cc1. The quantitative estimate of drug-likeness (QED) is 0.768. The van der Waals surface area contributed by atoms with Crippen molar-refractivity contribution in [2.75, 3.05) is 0 Å². The summed E-state index contributed by atoms with van der Waals surface area (Å²) in [4.78, 5) is 0. The first-order valence-electron chi connectivity index (χ1n) is 5.46. The summed E-state index contributed by atoms with van der Waals surface area (Å²) in [5.74, 6) is 0. The fourth-order valence-electron chi connectivity index (χ4n) is 1.50. The van der Waals surface area contributed by atoms with Crippen LogP contribution in [0.25, 0.3) is 0 Å². The smallest absolute Gasteiger partial charge is 0.0294 e. The highest BCUT2D eigenvalue weighted by Crippen LogP contribution is 2.14. The van der Waals surface area contributed by atoms with Gasteiger partial charge >= 0.3 is 0 Å². The first-order valence-corrected chi connectivity index (χ1v) is 5.46. The topological polar surface area (TPSA) is 12.0 Å². The fraction of sp³-hybridized carbons (Fsp3) is 0.538. The van der Waals surface area contributed by atoms with E-state index in [2.05, 4.69) is 57.3 Å². The molecule has 2 atom stereocenters.